The molecule has 1 fully saturated rings. The first-order valence-electron chi connectivity index (χ1n) is 7.62. The highest BCUT2D eigenvalue weighted by atomic mass is 35.5. The molecule has 1 aromatic heterocycles. The summed E-state index contributed by atoms with van der Waals surface area (Å²) in [6.07, 6.45) is 1.66. The largest absolute Gasteiger partial charge is 0.388 e. The van der Waals surface area contributed by atoms with E-state index in [9.17, 15) is 9.90 Å². The quantitative estimate of drug-likeness (QED) is 0.934. The molecule has 0 aliphatic carbocycles. The van der Waals surface area contributed by atoms with E-state index in [0.29, 0.717) is 17.3 Å². The lowest BCUT2D eigenvalue weighted by atomic mass is 9.96. The van der Waals surface area contributed by atoms with Crippen LogP contribution in [0.15, 0.2) is 34.9 Å². The van der Waals surface area contributed by atoms with Crippen LogP contribution in [0.1, 0.15) is 37.2 Å². The zero-order chi connectivity index (χ0) is 16.6. The first-order chi connectivity index (χ1) is 10.9. The number of nitrogens with zero attached hydrogens (tertiary/aromatic N) is 2. The zero-order valence-electron chi connectivity index (χ0n) is 13.1. The fourth-order valence-electron chi connectivity index (χ4n) is 3.05. The highest BCUT2D eigenvalue weighted by Crippen LogP contribution is 2.29. The van der Waals surface area contributed by atoms with Crippen molar-refractivity contribution < 1.29 is 14.4 Å². The van der Waals surface area contributed by atoms with Gasteiger partial charge in [-0.15, -0.1) is 0 Å². The Kier molecular flexibility index (Phi) is 4.17. The molecule has 1 unspecified atom stereocenters. The number of halogens is 1. The first-order valence-corrected chi connectivity index (χ1v) is 8.00. The van der Waals surface area contributed by atoms with Crippen LogP contribution in [0.25, 0.3) is 11.3 Å². The van der Waals surface area contributed by atoms with E-state index >= 15 is 0 Å². The second-order valence-corrected chi connectivity index (χ2v) is 6.83. The van der Waals surface area contributed by atoms with Gasteiger partial charge in [-0.1, -0.05) is 28.9 Å². The van der Waals surface area contributed by atoms with Gasteiger partial charge in [-0.2, -0.15) is 0 Å². The molecular formula is C17H19ClN2O3. The molecule has 1 atom stereocenters. The summed E-state index contributed by atoms with van der Waals surface area (Å²) in [5, 5.41) is 14.7. The molecule has 1 aliphatic heterocycles. The van der Waals surface area contributed by atoms with E-state index in [1.807, 2.05) is 12.1 Å². The molecule has 6 heteroatoms. The second kappa shape index (κ2) is 5.98. The van der Waals surface area contributed by atoms with Crippen molar-refractivity contribution in [2.45, 2.75) is 38.3 Å². The van der Waals surface area contributed by atoms with Crippen LogP contribution in [0.2, 0.25) is 5.02 Å². The van der Waals surface area contributed by atoms with Gasteiger partial charge in [0.05, 0.1) is 11.6 Å². The molecule has 0 bridgehead atoms. The summed E-state index contributed by atoms with van der Waals surface area (Å²) in [4.78, 5) is 14.4. The van der Waals surface area contributed by atoms with Gasteiger partial charge in [-0.05, 0) is 38.8 Å². The van der Waals surface area contributed by atoms with Crippen molar-refractivity contribution in [1.29, 1.82) is 0 Å². The van der Waals surface area contributed by atoms with Crippen LogP contribution in [0.5, 0.6) is 0 Å². The van der Waals surface area contributed by atoms with E-state index in [1.54, 1.807) is 36.9 Å². The van der Waals surface area contributed by atoms with Crippen LogP contribution in [0, 0.1) is 0 Å². The van der Waals surface area contributed by atoms with E-state index in [0.717, 1.165) is 18.4 Å². The molecule has 122 valence electrons. The third-order valence-corrected chi connectivity index (χ3v) is 4.40. The molecule has 1 aliphatic rings. The number of hydrogen-bond donors (Lipinski definition) is 1. The third-order valence-electron chi connectivity index (χ3n) is 4.17. The number of hydrogen-bond acceptors (Lipinski definition) is 4. The highest BCUT2D eigenvalue weighted by Gasteiger charge is 2.39. The van der Waals surface area contributed by atoms with Crippen LogP contribution in [-0.2, 0) is 0 Å². The monoisotopic (exact) mass is 334 g/mol. The van der Waals surface area contributed by atoms with Gasteiger partial charge >= 0.3 is 0 Å². The number of likely N-dealkylation sites (tertiary alicyclic amines) is 1. The minimum Gasteiger partial charge on any atom is -0.388 e. The normalized spacial score (nSPS) is 18.4. The number of rotatable bonds is 3. The van der Waals surface area contributed by atoms with Crippen LogP contribution in [0.3, 0.4) is 0 Å². The molecule has 5 nitrogen and oxygen atoms in total. The van der Waals surface area contributed by atoms with E-state index in [1.165, 1.54) is 0 Å². The topological polar surface area (TPSA) is 66.6 Å². The van der Waals surface area contributed by atoms with Crippen LogP contribution >= 0.6 is 11.6 Å². The van der Waals surface area contributed by atoms with E-state index in [2.05, 4.69) is 5.16 Å². The molecule has 0 saturated carbocycles. The highest BCUT2D eigenvalue weighted by molar-refractivity contribution is 6.30. The number of benzene rings is 1. The average Bonchev–Trinajstić information content (AvgIpc) is 3.15. The maximum absolute atomic E-state index is 12.7. The van der Waals surface area contributed by atoms with Crippen molar-refractivity contribution >= 4 is 17.5 Å². The summed E-state index contributed by atoms with van der Waals surface area (Å²) >= 11 is 5.97. The maximum atomic E-state index is 12.7. The third kappa shape index (κ3) is 3.26. The summed E-state index contributed by atoms with van der Waals surface area (Å²) in [5.41, 5.74) is 0.0757. The maximum Gasteiger partial charge on any atom is 0.276 e. The fraction of sp³-hybridized carbons (Fsp3) is 0.412. The number of carbonyl (C=O) groups is 1. The zero-order valence-corrected chi connectivity index (χ0v) is 13.9. The predicted octanol–water partition coefficient (Wildman–Crippen LogP) is 3.37. The molecule has 3 rings (SSSR count). The minimum absolute atomic E-state index is 0.207. The fourth-order valence-corrected chi connectivity index (χ4v) is 3.24. The Morgan fingerprint density at radius 2 is 2.22 bits per heavy atom. The van der Waals surface area contributed by atoms with Crippen molar-refractivity contribution in [3.8, 4) is 11.3 Å². The molecule has 0 radical (unpaired) electrons. The molecule has 23 heavy (non-hydrogen) atoms. The number of aliphatic hydroxyl groups is 1. The summed E-state index contributed by atoms with van der Waals surface area (Å²) in [6, 6.07) is 8.59. The second-order valence-electron chi connectivity index (χ2n) is 6.40. The Hall–Kier alpha value is -1.85. The molecular weight excluding hydrogens is 316 g/mol. The van der Waals surface area contributed by atoms with Crippen molar-refractivity contribution in [3.63, 3.8) is 0 Å². The summed E-state index contributed by atoms with van der Waals surface area (Å²) in [7, 11) is 0. The van der Waals surface area contributed by atoms with Crippen molar-refractivity contribution in [1.82, 2.24) is 10.1 Å². The van der Waals surface area contributed by atoms with E-state index in [4.69, 9.17) is 16.1 Å². The molecule has 1 saturated heterocycles. The smallest absolute Gasteiger partial charge is 0.276 e. The van der Waals surface area contributed by atoms with E-state index in [-0.39, 0.29) is 17.6 Å². The Balaban J connectivity index is 1.84. The van der Waals surface area contributed by atoms with Crippen molar-refractivity contribution in [2.24, 2.45) is 0 Å². The summed E-state index contributed by atoms with van der Waals surface area (Å²) < 4.78 is 5.29. The van der Waals surface area contributed by atoms with Gasteiger partial charge < -0.3 is 14.5 Å². The molecule has 2 aromatic rings. The summed E-state index contributed by atoms with van der Waals surface area (Å²) in [6.45, 7) is 4.07. The number of aromatic nitrogens is 1. The Labute approximate surface area is 139 Å². The van der Waals surface area contributed by atoms with Crippen molar-refractivity contribution in [3.05, 3.63) is 41.0 Å². The minimum atomic E-state index is -0.939. The van der Waals surface area contributed by atoms with Crippen LogP contribution in [-0.4, -0.2) is 39.3 Å². The molecule has 0 spiro atoms. The van der Waals surface area contributed by atoms with Gasteiger partial charge in [0.25, 0.3) is 5.91 Å². The predicted molar refractivity (Wildman–Crippen MR) is 87.3 cm³/mol. The lowest BCUT2D eigenvalue weighted by Gasteiger charge is -2.33. The Morgan fingerprint density at radius 3 is 2.91 bits per heavy atom. The van der Waals surface area contributed by atoms with Gasteiger partial charge in [0.1, 0.15) is 0 Å². The van der Waals surface area contributed by atoms with E-state index < -0.39 is 5.60 Å². The molecule has 1 aromatic carbocycles. The average molecular weight is 335 g/mol. The standard InChI is InChI=1S/C17H19ClN2O3/c1-17(2,22)15-7-4-8-20(15)16(21)13-10-14(23-19-13)11-5-3-6-12(18)9-11/h3,5-6,9-10,15,22H,4,7-8H2,1-2H3. The number of carbonyl (C=O) groups excluding carboxylic acids is 1. The molecule has 1 amide bonds. The number of amides is 1. The first kappa shape index (κ1) is 16.0. The van der Waals surface area contributed by atoms with Gasteiger partial charge in [-0.3, -0.25) is 4.79 Å². The van der Waals surface area contributed by atoms with Gasteiger partial charge in [0.2, 0.25) is 0 Å². The Morgan fingerprint density at radius 1 is 1.43 bits per heavy atom. The molecule has 1 N–H and O–H groups in total. The lowest BCUT2D eigenvalue weighted by molar-refractivity contribution is -0.0000242. The van der Waals surface area contributed by atoms with Gasteiger partial charge in [-0.25, -0.2) is 0 Å². The lowest BCUT2D eigenvalue weighted by Crippen LogP contribution is -2.48. The SMILES string of the molecule is CC(C)(O)C1CCCN1C(=O)c1cc(-c2cccc(Cl)c2)on1. The van der Waals surface area contributed by atoms with Gasteiger partial charge in [0.15, 0.2) is 11.5 Å². The van der Waals surface area contributed by atoms with Crippen molar-refractivity contribution in [2.75, 3.05) is 6.54 Å². The summed E-state index contributed by atoms with van der Waals surface area (Å²) in [5.74, 6) is 0.279. The molecule has 2 heterocycles. The van der Waals surface area contributed by atoms with Crippen LogP contribution in [0.4, 0.5) is 0 Å². The van der Waals surface area contributed by atoms with Crippen LogP contribution < -0.4 is 0 Å². The van der Waals surface area contributed by atoms with Gasteiger partial charge in [0, 0.05) is 23.2 Å². The Bertz CT molecular complexity index is 721.